The van der Waals surface area contributed by atoms with Crippen molar-refractivity contribution in [3.8, 4) is 0 Å². The fraction of sp³-hybridized carbons (Fsp3) is 0.750. The molecule has 1 aromatic rings. The molecule has 0 aliphatic rings. The number of hydrogen-bond donors (Lipinski definition) is 1. The van der Waals surface area contributed by atoms with Crippen molar-refractivity contribution in [1.29, 1.82) is 0 Å². The molecule has 0 aromatic carbocycles. The van der Waals surface area contributed by atoms with E-state index in [4.69, 9.17) is 0 Å². The third kappa shape index (κ3) is 3.94. The van der Waals surface area contributed by atoms with Gasteiger partial charge in [-0.2, -0.15) is 5.10 Å². The highest BCUT2D eigenvalue weighted by Gasteiger charge is 2.07. The van der Waals surface area contributed by atoms with E-state index in [9.17, 15) is 0 Å². The summed E-state index contributed by atoms with van der Waals surface area (Å²) in [4.78, 5) is 0. The van der Waals surface area contributed by atoms with Crippen LogP contribution in [0.5, 0.6) is 0 Å². The van der Waals surface area contributed by atoms with Gasteiger partial charge in [0, 0.05) is 18.8 Å². The van der Waals surface area contributed by atoms with E-state index in [2.05, 4.69) is 51.2 Å². The molecule has 15 heavy (non-hydrogen) atoms. The summed E-state index contributed by atoms with van der Waals surface area (Å²) in [7, 11) is 0. The third-order valence-electron chi connectivity index (χ3n) is 2.58. The smallest absolute Gasteiger partial charge is 0.0728 e. The van der Waals surface area contributed by atoms with Crippen molar-refractivity contribution in [3.63, 3.8) is 0 Å². The fourth-order valence-corrected chi connectivity index (χ4v) is 1.34. The van der Waals surface area contributed by atoms with Crippen molar-refractivity contribution in [2.24, 2.45) is 11.8 Å². The van der Waals surface area contributed by atoms with E-state index in [-0.39, 0.29) is 0 Å². The molecule has 0 bridgehead atoms. The van der Waals surface area contributed by atoms with E-state index in [0.29, 0.717) is 17.9 Å². The van der Waals surface area contributed by atoms with Crippen molar-refractivity contribution in [3.05, 3.63) is 12.4 Å². The first-order valence-corrected chi connectivity index (χ1v) is 5.78. The van der Waals surface area contributed by atoms with Crippen molar-refractivity contribution >= 4 is 5.69 Å². The Balaban J connectivity index is 2.53. The monoisotopic (exact) mass is 209 g/mol. The van der Waals surface area contributed by atoms with Gasteiger partial charge < -0.3 is 5.32 Å². The van der Waals surface area contributed by atoms with Crippen LogP contribution in [0.1, 0.15) is 34.6 Å². The third-order valence-corrected chi connectivity index (χ3v) is 2.58. The molecule has 1 heterocycles. The molecule has 86 valence electrons. The lowest BCUT2D eigenvalue weighted by Gasteiger charge is -2.17. The Kier molecular flexibility index (Phi) is 4.18. The van der Waals surface area contributed by atoms with Crippen molar-refractivity contribution in [2.75, 3.05) is 5.32 Å². The molecule has 0 saturated heterocycles. The largest absolute Gasteiger partial charge is 0.380 e. The Morgan fingerprint density at radius 1 is 1.27 bits per heavy atom. The first kappa shape index (κ1) is 12.1. The number of nitrogens with one attached hydrogen (secondary N) is 1. The van der Waals surface area contributed by atoms with E-state index in [0.717, 1.165) is 12.2 Å². The normalized spacial score (nSPS) is 13.5. The standard InChI is InChI=1S/C12H23N3/c1-9(2)7-15-8-12(6-13-15)14-11(5)10(3)4/h6,8-11,14H,7H2,1-5H3. The minimum atomic E-state index is 0.488. The van der Waals surface area contributed by atoms with Crippen LogP contribution in [0.15, 0.2) is 12.4 Å². The summed E-state index contributed by atoms with van der Waals surface area (Å²) in [5.74, 6) is 1.28. The number of anilines is 1. The molecule has 1 N–H and O–H groups in total. The summed E-state index contributed by atoms with van der Waals surface area (Å²) in [6, 6.07) is 0.488. The molecule has 1 aromatic heterocycles. The van der Waals surface area contributed by atoms with Gasteiger partial charge in [0.25, 0.3) is 0 Å². The zero-order valence-electron chi connectivity index (χ0n) is 10.5. The van der Waals surface area contributed by atoms with Crippen molar-refractivity contribution < 1.29 is 0 Å². The summed E-state index contributed by atoms with van der Waals surface area (Å²) >= 11 is 0. The van der Waals surface area contributed by atoms with Crippen LogP contribution in [0, 0.1) is 11.8 Å². The molecular weight excluding hydrogens is 186 g/mol. The highest BCUT2D eigenvalue weighted by molar-refractivity contribution is 5.39. The molecule has 0 aliphatic carbocycles. The van der Waals surface area contributed by atoms with Gasteiger partial charge in [-0.3, -0.25) is 4.68 Å². The molecule has 0 spiro atoms. The number of hydrogen-bond acceptors (Lipinski definition) is 2. The van der Waals surface area contributed by atoms with E-state index in [1.165, 1.54) is 0 Å². The SMILES string of the molecule is CC(C)Cn1cc(NC(C)C(C)C)cn1. The summed E-state index contributed by atoms with van der Waals surface area (Å²) in [6.45, 7) is 12.0. The van der Waals surface area contributed by atoms with Crippen LogP contribution in [-0.4, -0.2) is 15.8 Å². The molecule has 1 rings (SSSR count). The van der Waals surface area contributed by atoms with Gasteiger partial charge in [0.2, 0.25) is 0 Å². The lowest BCUT2D eigenvalue weighted by atomic mass is 10.1. The Morgan fingerprint density at radius 3 is 2.47 bits per heavy atom. The van der Waals surface area contributed by atoms with Gasteiger partial charge >= 0.3 is 0 Å². The Labute approximate surface area is 92.9 Å². The molecule has 0 fully saturated rings. The Morgan fingerprint density at radius 2 is 1.93 bits per heavy atom. The second-order valence-electron chi connectivity index (χ2n) is 5.02. The molecule has 0 radical (unpaired) electrons. The molecular formula is C12H23N3. The second-order valence-corrected chi connectivity index (χ2v) is 5.02. The topological polar surface area (TPSA) is 29.9 Å². The van der Waals surface area contributed by atoms with E-state index < -0.39 is 0 Å². The fourth-order valence-electron chi connectivity index (χ4n) is 1.34. The average Bonchev–Trinajstić information content (AvgIpc) is 2.51. The first-order chi connectivity index (χ1) is 6.99. The van der Waals surface area contributed by atoms with Crippen LogP contribution < -0.4 is 5.32 Å². The molecule has 0 aliphatic heterocycles. The Bertz CT molecular complexity index is 289. The molecule has 0 saturated carbocycles. The minimum absolute atomic E-state index is 0.488. The highest BCUT2D eigenvalue weighted by atomic mass is 15.3. The van der Waals surface area contributed by atoms with Crippen molar-refractivity contribution in [1.82, 2.24) is 9.78 Å². The lowest BCUT2D eigenvalue weighted by molar-refractivity contribution is 0.483. The van der Waals surface area contributed by atoms with Crippen LogP contribution >= 0.6 is 0 Å². The van der Waals surface area contributed by atoms with Gasteiger partial charge in [0.05, 0.1) is 11.9 Å². The minimum Gasteiger partial charge on any atom is -0.380 e. The zero-order valence-corrected chi connectivity index (χ0v) is 10.5. The number of nitrogens with zero attached hydrogens (tertiary/aromatic N) is 2. The van der Waals surface area contributed by atoms with Gasteiger partial charge in [-0.1, -0.05) is 27.7 Å². The molecule has 3 heteroatoms. The van der Waals surface area contributed by atoms with Crippen LogP contribution in [0.4, 0.5) is 5.69 Å². The second kappa shape index (κ2) is 5.19. The van der Waals surface area contributed by atoms with Gasteiger partial charge in [0.1, 0.15) is 0 Å². The average molecular weight is 209 g/mol. The van der Waals surface area contributed by atoms with Gasteiger partial charge in [0.15, 0.2) is 0 Å². The van der Waals surface area contributed by atoms with E-state index in [1.54, 1.807) is 0 Å². The van der Waals surface area contributed by atoms with Crippen molar-refractivity contribution in [2.45, 2.75) is 47.2 Å². The van der Waals surface area contributed by atoms with Gasteiger partial charge in [-0.15, -0.1) is 0 Å². The molecule has 1 atom stereocenters. The maximum Gasteiger partial charge on any atom is 0.0728 e. The highest BCUT2D eigenvalue weighted by Crippen LogP contribution is 2.12. The summed E-state index contributed by atoms with van der Waals surface area (Å²) in [6.07, 6.45) is 3.99. The number of aromatic nitrogens is 2. The van der Waals surface area contributed by atoms with Gasteiger partial charge in [-0.25, -0.2) is 0 Å². The predicted octanol–water partition coefficient (Wildman–Crippen LogP) is 3.00. The summed E-state index contributed by atoms with van der Waals surface area (Å²) < 4.78 is 2.00. The summed E-state index contributed by atoms with van der Waals surface area (Å²) in [5, 5.41) is 7.77. The predicted molar refractivity (Wildman–Crippen MR) is 65.0 cm³/mol. The van der Waals surface area contributed by atoms with Crippen LogP contribution in [0.2, 0.25) is 0 Å². The first-order valence-electron chi connectivity index (χ1n) is 5.78. The van der Waals surface area contributed by atoms with Crippen LogP contribution in [0.3, 0.4) is 0 Å². The molecule has 3 nitrogen and oxygen atoms in total. The summed E-state index contributed by atoms with van der Waals surface area (Å²) in [5.41, 5.74) is 1.12. The Hall–Kier alpha value is -0.990. The molecule has 1 unspecified atom stereocenters. The van der Waals surface area contributed by atoms with Crippen LogP contribution in [-0.2, 0) is 6.54 Å². The quantitative estimate of drug-likeness (QED) is 0.808. The maximum absolute atomic E-state index is 4.32. The van der Waals surface area contributed by atoms with E-state index in [1.807, 2.05) is 10.9 Å². The zero-order chi connectivity index (χ0) is 11.4. The lowest BCUT2D eigenvalue weighted by Crippen LogP contribution is -2.21. The van der Waals surface area contributed by atoms with Crippen LogP contribution in [0.25, 0.3) is 0 Å². The van der Waals surface area contributed by atoms with Gasteiger partial charge in [-0.05, 0) is 18.8 Å². The molecule has 0 amide bonds. The number of rotatable bonds is 5. The maximum atomic E-state index is 4.32. The van der Waals surface area contributed by atoms with E-state index >= 15 is 0 Å².